The number of carbonyl (C=O) groups excluding carboxylic acids is 2. The van der Waals surface area contributed by atoms with E-state index >= 15 is 0 Å². The van der Waals surface area contributed by atoms with E-state index in [-0.39, 0.29) is 24.8 Å². The Hall–Kier alpha value is -2.82. The number of nitrogens with one attached hydrogen (secondary N) is 1. The van der Waals surface area contributed by atoms with E-state index in [0.29, 0.717) is 12.3 Å². The van der Waals surface area contributed by atoms with Crippen molar-refractivity contribution >= 4 is 23.2 Å². The first kappa shape index (κ1) is 17.0. The predicted molar refractivity (Wildman–Crippen MR) is 98.1 cm³/mol. The van der Waals surface area contributed by atoms with Crippen LogP contribution in [-0.4, -0.2) is 25.0 Å². The van der Waals surface area contributed by atoms with Gasteiger partial charge in [0, 0.05) is 18.7 Å². The summed E-state index contributed by atoms with van der Waals surface area (Å²) in [5.41, 5.74) is 3.75. The fourth-order valence-electron chi connectivity index (χ4n) is 3.02. The topological polar surface area (TPSA) is 58.6 Å². The van der Waals surface area contributed by atoms with Crippen molar-refractivity contribution in [2.24, 2.45) is 0 Å². The van der Waals surface area contributed by atoms with Crippen LogP contribution in [-0.2, 0) is 16.0 Å². The number of hydrogen-bond donors (Lipinski definition) is 1. The standard InChI is InChI=1S/C20H22N2O3/c1-3-15-8-6-7-14(2)20(15)21-18(23)11-12-22-16-9-4-5-10-17(16)25-13-19(22)24/h4-10H,3,11-13H2,1-2H3,(H,21,23). The van der Waals surface area contributed by atoms with Crippen LogP contribution >= 0.6 is 0 Å². The second-order valence-electron chi connectivity index (χ2n) is 6.06. The molecule has 0 bridgehead atoms. The van der Waals surface area contributed by atoms with E-state index in [9.17, 15) is 9.59 Å². The fourth-order valence-corrected chi connectivity index (χ4v) is 3.02. The lowest BCUT2D eigenvalue weighted by Gasteiger charge is -2.29. The number of hydrogen-bond acceptors (Lipinski definition) is 3. The summed E-state index contributed by atoms with van der Waals surface area (Å²) in [4.78, 5) is 26.2. The van der Waals surface area contributed by atoms with E-state index in [1.165, 1.54) is 0 Å². The third-order valence-electron chi connectivity index (χ3n) is 4.38. The Balaban J connectivity index is 1.68. The molecule has 0 atom stereocenters. The van der Waals surface area contributed by atoms with Crippen LogP contribution < -0.4 is 15.0 Å². The molecule has 25 heavy (non-hydrogen) atoms. The zero-order valence-corrected chi connectivity index (χ0v) is 14.5. The molecule has 0 aromatic heterocycles. The Bertz CT molecular complexity index is 801. The fraction of sp³-hybridized carbons (Fsp3) is 0.300. The van der Waals surface area contributed by atoms with E-state index < -0.39 is 0 Å². The maximum atomic E-state index is 12.4. The number of nitrogens with zero attached hydrogens (tertiary/aromatic N) is 1. The van der Waals surface area contributed by atoms with Crippen LogP contribution in [0.2, 0.25) is 0 Å². The highest BCUT2D eigenvalue weighted by Gasteiger charge is 2.25. The number of benzene rings is 2. The molecule has 0 saturated carbocycles. The number of rotatable bonds is 5. The van der Waals surface area contributed by atoms with Gasteiger partial charge in [0.1, 0.15) is 5.75 Å². The zero-order chi connectivity index (χ0) is 17.8. The van der Waals surface area contributed by atoms with Crippen molar-refractivity contribution in [3.63, 3.8) is 0 Å². The van der Waals surface area contributed by atoms with Gasteiger partial charge in [-0.15, -0.1) is 0 Å². The van der Waals surface area contributed by atoms with Gasteiger partial charge in [-0.3, -0.25) is 9.59 Å². The highest BCUT2D eigenvalue weighted by atomic mass is 16.5. The van der Waals surface area contributed by atoms with Gasteiger partial charge in [-0.2, -0.15) is 0 Å². The van der Waals surface area contributed by atoms with Crippen LogP contribution in [0.1, 0.15) is 24.5 Å². The van der Waals surface area contributed by atoms with Crippen molar-refractivity contribution < 1.29 is 14.3 Å². The lowest BCUT2D eigenvalue weighted by atomic mass is 10.1. The summed E-state index contributed by atoms with van der Waals surface area (Å²) in [5.74, 6) is 0.451. The molecule has 1 aliphatic heterocycles. The molecule has 3 rings (SSSR count). The van der Waals surface area contributed by atoms with Crippen molar-refractivity contribution in [3.8, 4) is 5.75 Å². The Morgan fingerprint density at radius 1 is 1.20 bits per heavy atom. The smallest absolute Gasteiger partial charge is 0.265 e. The summed E-state index contributed by atoms with van der Waals surface area (Å²) in [7, 11) is 0. The summed E-state index contributed by atoms with van der Waals surface area (Å²) >= 11 is 0. The SMILES string of the molecule is CCc1cccc(C)c1NC(=O)CCN1C(=O)COc2ccccc21. The molecule has 1 N–H and O–H groups in total. The maximum Gasteiger partial charge on any atom is 0.265 e. The average molecular weight is 338 g/mol. The highest BCUT2D eigenvalue weighted by molar-refractivity contribution is 5.99. The summed E-state index contributed by atoms with van der Waals surface area (Å²) in [6.07, 6.45) is 1.09. The lowest BCUT2D eigenvalue weighted by Crippen LogP contribution is -2.40. The minimum atomic E-state index is -0.128. The number of para-hydroxylation sites is 3. The van der Waals surface area contributed by atoms with Gasteiger partial charge in [0.05, 0.1) is 5.69 Å². The Kier molecular flexibility index (Phi) is 5.03. The zero-order valence-electron chi connectivity index (χ0n) is 14.5. The first-order chi connectivity index (χ1) is 12.1. The van der Waals surface area contributed by atoms with E-state index in [0.717, 1.165) is 28.9 Å². The minimum absolute atomic E-state index is 0.0103. The van der Waals surface area contributed by atoms with Crippen LogP contribution in [0.15, 0.2) is 42.5 Å². The van der Waals surface area contributed by atoms with Gasteiger partial charge in [-0.25, -0.2) is 0 Å². The van der Waals surface area contributed by atoms with Crippen LogP contribution in [0.3, 0.4) is 0 Å². The van der Waals surface area contributed by atoms with Gasteiger partial charge >= 0.3 is 0 Å². The minimum Gasteiger partial charge on any atom is -0.482 e. The second kappa shape index (κ2) is 7.38. The molecule has 1 aliphatic rings. The van der Waals surface area contributed by atoms with Gasteiger partial charge in [-0.05, 0) is 36.6 Å². The van der Waals surface area contributed by atoms with Crippen LogP contribution in [0.5, 0.6) is 5.75 Å². The van der Waals surface area contributed by atoms with Gasteiger partial charge < -0.3 is 15.0 Å². The molecule has 0 radical (unpaired) electrons. The lowest BCUT2D eigenvalue weighted by molar-refractivity contribution is -0.121. The van der Waals surface area contributed by atoms with Crippen molar-refractivity contribution in [3.05, 3.63) is 53.6 Å². The average Bonchev–Trinajstić information content (AvgIpc) is 2.62. The number of ether oxygens (including phenoxy) is 1. The van der Waals surface area contributed by atoms with Crippen molar-refractivity contribution in [2.75, 3.05) is 23.4 Å². The molecule has 130 valence electrons. The summed E-state index contributed by atoms with van der Waals surface area (Å²) < 4.78 is 5.42. The molecule has 1 heterocycles. The van der Waals surface area contributed by atoms with Crippen molar-refractivity contribution in [1.82, 2.24) is 0 Å². The van der Waals surface area contributed by atoms with E-state index in [4.69, 9.17) is 4.74 Å². The van der Waals surface area contributed by atoms with Crippen molar-refractivity contribution in [1.29, 1.82) is 0 Å². The summed E-state index contributed by atoms with van der Waals surface area (Å²) in [6, 6.07) is 13.4. The molecule has 0 spiro atoms. The van der Waals surface area contributed by atoms with E-state index in [1.807, 2.05) is 49.4 Å². The Morgan fingerprint density at radius 3 is 2.80 bits per heavy atom. The third-order valence-corrected chi connectivity index (χ3v) is 4.38. The molecular formula is C20H22N2O3. The highest BCUT2D eigenvalue weighted by Crippen LogP contribution is 2.31. The normalized spacial score (nSPS) is 13.2. The first-order valence-electron chi connectivity index (χ1n) is 8.50. The Labute approximate surface area is 147 Å². The maximum absolute atomic E-state index is 12.4. The molecule has 0 fully saturated rings. The number of carbonyl (C=O) groups is 2. The second-order valence-corrected chi connectivity index (χ2v) is 6.06. The van der Waals surface area contributed by atoms with Crippen molar-refractivity contribution in [2.45, 2.75) is 26.7 Å². The molecule has 2 aromatic carbocycles. The summed E-state index contributed by atoms with van der Waals surface area (Å²) in [6.45, 7) is 4.39. The molecule has 0 unspecified atom stereocenters. The van der Waals surface area contributed by atoms with Crippen LogP contribution in [0, 0.1) is 6.92 Å². The number of amides is 2. The van der Waals surface area contributed by atoms with Gasteiger partial charge in [-0.1, -0.05) is 37.3 Å². The molecule has 0 aliphatic carbocycles. The molecule has 5 nitrogen and oxygen atoms in total. The number of aryl methyl sites for hydroxylation is 2. The third kappa shape index (κ3) is 3.65. The molecule has 2 aromatic rings. The monoisotopic (exact) mass is 338 g/mol. The molecular weight excluding hydrogens is 316 g/mol. The number of fused-ring (bicyclic) bond motifs is 1. The van der Waals surface area contributed by atoms with Gasteiger partial charge in [0.25, 0.3) is 5.91 Å². The predicted octanol–water partition coefficient (Wildman–Crippen LogP) is 3.31. The largest absolute Gasteiger partial charge is 0.482 e. The molecule has 2 amide bonds. The quantitative estimate of drug-likeness (QED) is 0.910. The Morgan fingerprint density at radius 2 is 2.00 bits per heavy atom. The van der Waals surface area contributed by atoms with Crippen LogP contribution in [0.4, 0.5) is 11.4 Å². The number of anilines is 2. The molecule has 0 saturated heterocycles. The van der Waals surface area contributed by atoms with E-state index in [2.05, 4.69) is 12.2 Å². The van der Waals surface area contributed by atoms with Gasteiger partial charge in [0.15, 0.2) is 6.61 Å². The van der Waals surface area contributed by atoms with E-state index in [1.54, 1.807) is 4.90 Å². The summed E-state index contributed by atoms with van der Waals surface area (Å²) in [5, 5.41) is 3.00. The van der Waals surface area contributed by atoms with Crippen LogP contribution in [0.25, 0.3) is 0 Å². The molecule has 5 heteroatoms. The first-order valence-corrected chi connectivity index (χ1v) is 8.50. The van der Waals surface area contributed by atoms with Gasteiger partial charge in [0.2, 0.25) is 5.91 Å².